The molecule has 0 aliphatic rings. The minimum Gasteiger partial charge on any atom is -0.330 e. The van der Waals surface area contributed by atoms with E-state index in [1.807, 2.05) is 68.4 Å². The number of anilines is 1. The van der Waals surface area contributed by atoms with E-state index in [4.69, 9.17) is 52.8 Å². The van der Waals surface area contributed by atoms with Gasteiger partial charge in [0, 0.05) is 17.7 Å². The van der Waals surface area contributed by atoms with Crippen LogP contribution in [0, 0.1) is 5.92 Å². The molecule has 3 aromatic rings. The standard InChI is InChI=1S/C27H28Cl3N5O2S.CH4/c1-17(2)16-20(31)24(37)35(26(38)33-21-12-6-10-19-11-7-15-32-23(19)21)25(27(28,29)30)34-22(36)14-13-18-8-4-3-5-9-18;/h3-15,17,20,25H,16,31H2,1-2H3,(H,33,38)(H,34,36);1H4/b14-13+;/t20-,25?;/m0./s1. The number of nitrogens with two attached hydrogens (primary N) is 1. The molecule has 0 spiro atoms. The van der Waals surface area contributed by atoms with Gasteiger partial charge in [0.2, 0.25) is 15.6 Å². The first-order valence-corrected chi connectivity index (χ1v) is 13.3. The van der Waals surface area contributed by atoms with Crippen molar-refractivity contribution in [2.45, 2.75) is 43.7 Å². The van der Waals surface area contributed by atoms with Crippen LogP contribution in [-0.4, -0.2) is 42.8 Å². The van der Waals surface area contributed by atoms with Crippen LogP contribution in [0.4, 0.5) is 5.69 Å². The quantitative estimate of drug-likeness (QED) is 0.120. The number of carbonyl (C=O) groups is 2. The van der Waals surface area contributed by atoms with Crippen LogP contribution in [0.5, 0.6) is 0 Å². The van der Waals surface area contributed by atoms with Crippen LogP contribution >= 0.6 is 47.0 Å². The van der Waals surface area contributed by atoms with E-state index in [2.05, 4.69) is 15.6 Å². The summed E-state index contributed by atoms with van der Waals surface area (Å²) in [6, 6.07) is 17.4. The van der Waals surface area contributed by atoms with Crippen LogP contribution < -0.4 is 16.4 Å². The number of thiocarbonyl (C=S) groups is 1. The molecule has 4 N–H and O–H groups in total. The maximum Gasteiger partial charge on any atom is 0.247 e. The molecule has 0 fully saturated rings. The largest absolute Gasteiger partial charge is 0.330 e. The lowest BCUT2D eigenvalue weighted by Crippen LogP contribution is -2.63. The topological polar surface area (TPSA) is 100 Å². The highest BCUT2D eigenvalue weighted by Gasteiger charge is 2.44. The number of nitrogens with zero attached hydrogens (tertiary/aromatic N) is 2. The average molecular weight is 609 g/mol. The Hall–Kier alpha value is -2.75. The Balaban J connectivity index is 0.00000533. The third-order valence-corrected chi connectivity index (χ3v) is 6.37. The highest BCUT2D eigenvalue weighted by molar-refractivity contribution is 7.80. The summed E-state index contributed by atoms with van der Waals surface area (Å²) in [5.41, 5.74) is 8.18. The van der Waals surface area contributed by atoms with Gasteiger partial charge in [-0.05, 0) is 48.3 Å². The number of rotatable bonds is 8. The molecule has 0 saturated heterocycles. The fraction of sp³-hybridized carbons (Fsp3) is 0.286. The second-order valence-corrected chi connectivity index (χ2v) is 11.7. The van der Waals surface area contributed by atoms with Crippen LogP contribution in [-0.2, 0) is 9.59 Å². The number of carbonyl (C=O) groups excluding carboxylic acids is 2. The maximum absolute atomic E-state index is 13.6. The van der Waals surface area contributed by atoms with Crippen molar-refractivity contribution in [2.24, 2.45) is 11.7 Å². The molecule has 0 bridgehead atoms. The Kier molecular flexibility index (Phi) is 12.1. The molecule has 1 heterocycles. The maximum atomic E-state index is 13.6. The van der Waals surface area contributed by atoms with E-state index in [1.165, 1.54) is 6.08 Å². The molecule has 2 atom stereocenters. The fourth-order valence-corrected chi connectivity index (χ4v) is 4.49. The summed E-state index contributed by atoms with van der Waals surface area (Å²) >= 11 is 24.6. The predicted molar refractivity (Wildman–Crippen MR) is 167 cm³/mol. The molecular formula is C28H32Cl3N5O2S. The van der Waals surface area contributed by atoms with Crippen molar-refractivity contribution in [1.29, 1.82) is 0 Å². The van der Waals surface area contributed by atoms with Crippen molar-refractivity contribution in [2.75, 3.05) is 5.32 Å². The zero-order valence-electron chi connectivity index (χ0n) is 20.8. The number of nitrogens with one attached hydrogen (secondary N) is 2. The number of fused-ring (bicyclic) bond motifs is 1. The molecule has 11 heteroatoms. The summed E-state index contributed by atoms with van der Waals surface area (Å²) < 4.78 is -2.16. The first kappa shape index (κ1) is 32.5. The molecule has 2 aromatic carbocycles. The number of aromatic nitrogens is 1. The molecule has 0 saturated carbocycles. The molecule has 2 amide bonds. The molecule has 1 unspecified atom stereocenters. The number of pyridine rings is 1. The van der Waals surface area contributed by atoms with Gasteiger partial charge in [0.15, 0.2) is 11.3 Å². The van der Waals surface area contributed by atoms with Gasteiger partial charge in [-0.15, -0.1) is 0 Å². The summed E-state index contributed by atoms with van der Waals surface area (Å²) in [7, 11) is 0. The summed E-state index contributed by atoms with van der Waals surface area (Å²) in [5.74, 6) is -1.11. The summed E-state index contributed by atoms with van der Waals surface area (Å²) in [6.07, 6.45) is 3.39. The summed E-state index contributed by atoms with van der Waals surface area (Å²) in [4.78, 5) is 31.9. The van der Waals surface area contributed by atoms with Crippen molar-refractivity contribution in [3.05, 3.63) is 78.5 Å². The third-order valence-electron chi connectivity index (χ3n) is 5.45. The van der Waals surface area contributed by atoms with Gasteiger partial charge in [-0.3, -0.25) is 19.5 Å². The van der Waals surface area contributed by atoms with Crippen molar-refractivity contribution in [1.82, 2.24) is 15.2 Å². The normalized spacial score (nSPS) is 13.0. The van der Waals surface area contributed by atoms with Gasteiger partial charge in [0.1, 0.15) is 0 Å². The van der Waals surface area contributed by atoms with Gasteiger partial charge in [0.05, 0.1) is 17.2 Å². The number of halogens is 3. The van der Waals surface area contributed by atoms with Crippen molar-refractivity contribution < 1.29 is 9.59 Å². The van der Waals surface area contributed by atoms with Crippen LogP contribution in [0.25, 0.3) is 17.0 Å². The monoisotopic (exact) mass is 607 g/mol. The molecule has 7 nitrogen and oxygen atoms in total. The minimum atomic E-state index is -2.16. The number of alkyl halides is 3. The number of hydrogen-bond acceptors (Lipinski definition) is 5. The third kappa shape index (κ3) is 9.15. The molecular weight excluding hydrogens is 577 g/mol. The highest BCUT2D eigenvalue weighted by atomic mass is 35.6. The van der Waals surface area contributed by atoms with Crippen LogP contribution in [0.2, 0.25) is 0 Å². The molecule has 0 aliphatic heterocycles. The Morgan fingerprint density at radius 1 is 1.08 bits per heavy atom. The van der Waals surface area contributed by atoms with Gasteiger partial charge in [-0.25, -0.2) is 0 Å². The second-order valence-electron chi connectivity index (χ2n) is 8.95. The predicted octanol–water partition coefficient (Wildman–Crippen LogP) is 6.30. The molecule has 0 aliphatic carbocycles. The summed E-state index contributed by atoms with van der Waals surface area (Å²) in [5, 5.41) is 6.38. The first-order valence-electron chi connectivity index (χ1n) is 11.8. The Morgan fingerprint density at radius 3 is 2.38 bits per heavy atom. The van der Waals surface area contributed by atoms with Crippen molar-refractivity contribution >= 4 is 86.6 Å². The van der Waals surface area contributed by atoms with E-state index >= 15 is 0 Å². The average Bonchev–Trinajstić information content (AvgIpc) is 2.87. The van der Waals surface area contributed by atoms with E-state index in [0.717, 1.165) is 15.8 Å². The Labute approximate surface area is 249 Å². The van der Waals surface area contributed by atoms with E-state index in [-0.39, 0.29) is 18.5 Å². The smallest absolute Gasteiger partial charge is 0.247 e. The number of benzene rings is 2. The van der Waals surface area contributed by atoms with E-state index in [1.54, 1.807) is 18.3 Å². The molecule has 3 rings (SSSR count). The number of amides is 2. The molecule has 39 heavy (non-hydrogen) atoms. The number of hydrogen-bond donors (Lipinski definition) is 3. The van der Waals surface area contributed by atoms with E-state index in [9.17, 15) is 9.59 Å². The zero-order chi connectivity index (χ0) is 27.9. The lowest BCUT2D eigenvalue weighted by atomic mass is 10.0. The SMILES string of the molecule is C.CC(C)C[C@H](N)C(=O)N(C(=S)Nc1cccc2cccnc12)C(NC(=O)/C=C/c1ccccc1)C(Cl)(Cl)Cl. The van der Waals surface area contributed by atoms with Gasteiger partial charge < -0.3 is 16.4 Å². The van der Waals surface area contributed by atoms with Crippen LogP contribution in [0.3, 0.4) is 0 Å². The van der Waals surface area contributed by atoms with Crippen LogP contribution in [0.15, 0.2) is 72.9 Å². The number of para-hydroxylation sites is 1. The molecule has 0 radical (unpaired) electrons. The van der Waals surface area contributed by atoms with Gasteiger partial charge >= 0.3 is 0 Å². The van der Waals surface area contributed by atoms with Gasteiger partial charge in [-0.1, -0.05) is 105 Å². The summed E-state index contributed by atoms with van der Waals surface area (Å²) in [6.45, 7) is 3.86. The molecule has 208 valence electrons. The molecule has 1 aromatic heterocycles. The van der Waals surface area contributed by atoms with Crippen molar-refractivity contribution in [3.8, 4) is 0 Å². The highest BCUT2D eigenvalue weighted by Crippen LogP contribution is 2.33. The van der Waals surface area contributed by atoms with Crippen molar-refractivity contribution in [3.63, 3.8) is 0 Å². The first-order chi connectivity index (χ1) is 18.0. The fourth-order valence-electron chi connectivity index (χ4n) is 3.72. The lowest BCUT2D eigenvalue weighted by Gasteiger charge is -2.37. The minimum absolute atomic E-state index is 0. The van der Waals surface area contributed by atoms with E-state index < -0.39 is 27.8 Å². The van der Waals surface area contributed by atoms with Crippen LogP contribution in [0.1, 0.15) is 33.3 Å². The second kappa shape index (κ2) is 14.6. The Bertz CT molecular complexity index is 1310. The van der Waals surface area contributed by atoms with E-state index in [0.29, 0.717) is 17.6 Å². The van der Waals surface area contributed by atoms with Gasteiger partial charge in [0.25, 0.3) is 0 Å². The zero-order valence-corrected chi connectivity index (χ0v) is 23.9. The lowest BCUT2D eigenvalue weighted by molar-refractivity contribution is -0.132. The Morgan fingerprint density at radius 2 is 1.74 bits per heavy atom. The van der Waals surface area contributed by atoms with Gasteiger partial charge in [-0.2, -0.15) is 0 Å².